The second kappa shape index (κ2) is 7.22. The maximum absolute atomic E-state index is 9.67. The van der Waals surface area contributed by atoms with Crippen molar-refractivity contribution >= 4 is 0 Å². The normalized spacial score (nSPS) is 20.8. The van der Waals surface area contributed by atoms with E-state index in [9.17, 15) is 5.11 Å². The number of hydrogen-bond acceptors (Lipinski definition) is 4. The Balaban J connectivity index is 1.97. The van der Waals surface area contributed by atoms with E-state index in [1.54, 1.807) is 0 Å². The monoisotopic (exact) mass is 231 g/mol. The van der Waals surface area contributed by atoms with E-state index >= 15 is 0 Å². The Hall–Kier alpha value is -0.160. The zero-order valence-corrected chi connectivity index (χ0v) is 10.6. The molecule has 1 aliphatic rings. The Bertz CT molecular complexity index is 183. The van der Waals surface area contributed by atoms with Crippen molar-refractivity contribution in [2.45, 2.75) is 45.4 Å². The molecule has 1 fully saturated rings. The molecule has 0 aromatic carbocycles. The van der Waals surface area contributed by atoms with E-state index in [-0.39, 0.29) is 6.10 Å². The van der Waals surface area contributed by atoms with Gasteiger partial charge in [-0.05, 0) is 19.3 Å². The number of aliphatic hydroxyl groups excluding tert-OH is 1. The summed E-state index contributed by atoms with van der Waals surface area (Å²) in [6.07, 6.45) is 0.841. The zero-order chi connectivity index (χ0) is 12.0. The minimum absolute atomic E-state index is 0.224. The first-order valence-corrected chi connectivity index (χ1v) is 6.18. The molecule has 0 aromatic rings. The van der Waals surface area contributed by atoms with Crippen molar-refractivity contribution in [3.05, 3.63) is 0 Å². The van der Waals surface area contributed by atoms with Gasteiger partial charge in [-0.15, -0.1) is 0 Å². The van der Waals surface area contributed by atoms with E-state index in [4.69, 9.17) is 9.47 Å². The van der Waals surface area contributed by atoms with Gasteiger partial charge in [0, 0.05) is 6.54 Å². The number of rotatable bonds is 8. The molecule has 2 N–H and O–H groups in total. The summed E-state index contributed by atoms with van der Waals surface area (Å²) < 4.78 is 10.6. The predicted molar refractivity (Wildman–Crippen MR) is 63.5 cm³/mol. The van der Waals surface area contributed by atoms with E-state index < -0.39 is 6.10 Å². The predicted octanol–water partition coefficient (Wildman–Crippen LogP) is 0.787. The van der Waals surface area contributed by atoms with Crippen LogP contribution in [0.5, 0.6) is 0 Å². The van der Waals surface area contributed by atoms with Crippen LogP contribution in [0.25, 0.3) is 0 Å². The van der Waals surface area contributed by atoms with Crippen molar-refractivity contribution < 1.29 is 14.6 Å². The molecule has 0 saturated carbocycles. The molecule has 1 heterocycles. The van der Waals surface area contributed by atoms with E-state index in [1.165, 1.54) is 0 Å². The third kappa shape index (κ3) is 5.80. The minimum atomic E-state index is -0.421. The molecule has 1 rings (SSSR count). The fraction of sp³-hybridized carbons (Fsp3) is 1.00. The van der Waals surface area contributed by atoms with Crippen LogP contribution in [0.4, 0.5) is 0 Å². The summed E-state index contributed by atoms with van der Waals surface area (Å²) in [5.41, 5.74) is 0. The van der Waals surface area contributed by atoms with E-state index in [0.29, 0.717) is 25.1 Å². The van der Waals surface area contributed by atoms with Gasteiger partial charge in [-0.25, -0.2) is 0 Å². The Labute approximate surface area is 98.3 Å². The number of hydrogen-bond donors (Lipinski definition) is 2. The van der Waals surface area contributed by atoms with Crippen molar-refractivity contribution in [2.75, 3.05) is 26.4 Å². The molecule has 4 heteroatoms. The fourth-order valence-electron chi connectivity index (χ4n) is 1.72. The molecule has 0 spiro atoms. The second-order valence-corrected chi connectivity index (χ2v) is 5.07. The van der Waals surface area contributed by atoms with Crippen LogP contribution in [0.15, 0.2) is 0 Å². The topological polar surface area (TPSA) is 50.7 Å². The first kappa shape index (κ1) is 13.9. The summed E-state index contributed by atoms with van der Waals surface area (Å²) >= 11 is 0. The molecule has 0 radical (unpaired) electrons. The van der Waals surface area contributed by atoms with Gasteiger partial charge in [-0.1, -0.05) is 13.8 Å². The molecular weight excluding hydrogens is 206 g/mol. The summed E-state index contributed by atoms with van der Waals surface area (Å²) in [5, 5.41) is 12.9. The third-order valence-electron chi connectivity index (χ3n) is 2.66. The average Bonchev–Trinajstić information content (AvgIpc) is 2.11. The Morgan fingerprint density at radius 3 is 2.56 bits per heavy atom. The molecule has 4 nitrogen and oxygen atoms in total. The van der Waals surface area contributed by atoms with Crippen molar-refractivity contribution in [1.82, 2.24) is 5.32 Å². The van der Waals surface area contributed by atoms with Crippen molar-refractivity contribution in [3.63, 3.8) is 0 Å². The highest BCUT2D eigenvalue weighted by Gasteiger charge is 2.18. The Morgan fingerprint density at radius 2 is 2.06 bits per heavy atom. The zero-order valence-electron chi connectivity index (χ0n) is 10.6. The van der Waals surface area contributed by atoms with E-state index in [0.717, 1.165) is 19.6 Å². The fourth-order valence-corrected chi connectivity index (χ4v) is 1.72. The quantitative estimate of drug-likeness (QED) is 0.648. The lowest BCUT2D eigenvalue weighted by atomic mass is 10.1. The average molecular weight is 231 g/mol. The lowest BCUT2D eigenvalue weighted by Gasteiger charge is -2.28. The first-order chi connectivity index (χ1) is 7.58. The van der Waals surface area contributed by atoms with Gasteiger partial charge in [0.2, 0.25) is 0 Å². The Morgan fingerprint density at radius 1 is 1.38 bits per heavy atom. The largest absolute Gasteiger partial charge is 0.389 e. The summed E-state index contributed by atoms with van der Waals surface area (Å²) in [6, 6.07) is 0.419. The number of aliphatic hydroxyl groups is 1. The third-order valence-corrected chi connectivity index (χ3v) is 2.66. The molecular formula is C12H25NO3. The molecule has 0 aliphatic carbocycles. The van der Waals surface area contributed by atoms with Gasteiger partial charge in [0.15, 0.2) is 0 Å². The van der Waals surface area contributed by atoms with Crippen LogP contribution in [0, 0.1) is 5.92 Å². The standard InChI is InChI=1S/C12H25NO3/c1-9(2)4-10(3)16-8-12(14)5-13-11-6-15-7-11/h9-14H,4-8H2,1-3H3. The lowest BCUT2D eigenvalue weighted by molar-refractivity contribution is -0.0286. The van der Waals surface area contributed by atoms with Gasteiger partial charge in [0.05, 0.1) is 38.1 Å². The van der Waals surface area contributed by atoms with Gasteiger partial charge in [-0.3, -0.25) is 0 Å². The molecule has 2 atom stereocenters. The number of nitrogens with one attached hydrogen (secondary N) is 1. The minimum Gasteiger partial charge on any atom is -0.389 e. The van der Waals surface area contributed by atoms with Crippen LogP contribution in [-0.2, 0) is 9.47 Å². The lowest BCUT2D eigenvalue weighted by Crippen LogP contribution is -2.49. The summed E-state index contributed by atoms with van der Waals surface area (Å²) in [4.78, 5) is 0. The van der Waals surface area contributed by atoms with Gasteiger partial charge in [-0.2, -0.15) is 0 Å². The van der Waals surface area contributed by atoms with Gasteiger partial charge >= 0.3 is 0 Å². The van der Waals surface area contributed by atoms with Crippen LogP contribution in [0.3, 0.4) is 0 Å². The van der Waals surface area contributed by atoms with Crippen molar-refractivity contribution in [2.24, 2.45) is 5.92 Å². The molecule has 0 amide bonds. The maximum Gasteiger partial charge on any atom is 0.0897 e. The second-order valence-electron chi connectivity index (χ2n) is 5.07. The van der Waals surface area contributed by atoms with Crippen molar-refractivity contribution in [1.29, 1.82) is 0 Å². The highest BCUT2D eigenvalue weighted by Crippen LogP contribution is 2.07. The molecule has 0 aromatic heterocycles. The number of ether oxygens (including phenoxy) is 2. The van der Waals surface area contributed by atoms with Gasteiger partial charge < -0.3 is 19.9 Å². The van der Waals surface area contributed by atoms with Crippen LogP contribution >= 0.6 is 0 Å². The van der Waals surface area contributed by atoms with Crippen LogP contribution < -0.4 is 5.32 Å². The summed E-state index contributed by atoms with van der Waals surface area (Å²) in [6.45, 7) is 8.92. The van der Waals surface area contributed by atoms with Crippen LogP contribution in [0.2, 0.25) is 0 Å². The van der Waals surface area contributed by atoms with E-state index in [2.05, 4.69) is 26.1 Å². The highest BCUT2D eigenvalue weighted by molar-refractivity contribution is 4.74. The molecule has 1 saturated heterocycles. The van der Waals surface area contributed by atoms with Gasteiger partial charge in [0.25, 0.3) is 0 Å². The van der Waals surface area contributed by atoms with Crippen LogP contribution in [0.1, 0.15) is 27.2 Å². The summed E-state index contributed by atoms with van der Waals surface area (Å²) in [7, 11) is 0. The molecule has 16 heavy (non-hydrogen) atoms. The summed E-state index contributed by atoms with van der Waals surface area (Å²) in [5.74, 6) is 0.636. The van der Waals surface area contributed by atoms with Crippen LogP contribution in [-0.4, -0.2) is 49.7 Å². The van der Waals surface area contributed by atoms with Gasteiger partial charge in [0.1, 0.15) is 0 Å². The van der Waals surface area contributed by atoms with E-state index in [1.807, 2.05) is 0 Å². The SMILES string of the molecule is CC(C)CC(C)OCC(O)CNC1COC1. The first-order valence-electron chi connectivity index (χ1n) is 6.18. The highest BCUT2D eigenvalue weighted by atomic mass is 16.5. The molecule has 1 aliphatic heterocycles. The molecule has 0 bridgehead atoms. The Kier molecular flexibility index (Phi) is 6.28. The smallest absolute Gasteiger partial charge is 0.0897 e. The maximum atomic E-state index is 9.67. The van der Waals surface area contributed by atoms with Crippen molar-refractivity contribution in [3.8, 4) is 0 Å². The molecule has 96 valence electrons. The molecule has 2 unspecified atom stereocenters.